The summed E-state index contributed by atoms with van der Waals surface area (Å²) in [7, 11) is -8.84. The predicted molar refractivity (Wildman–Crippen MR) is 128 cm³/mol. The lowest BCUT2D eigenvalue weighted by atomic mass is 10.1. The van der Waals surface area contributed by atoms with Crippen molar-refractivity contribution in [1.82, 2.24) is 0 Å². The zero-order chi connectivity index (χ0) is 29.6. The monoisotopic (exact) mass is 592 g/mol. The summed E-state index contributed by atoms with van der Waals surface area (Å²) >= 11 is 0. The fourth-order valence-corrected chi connectivity index (χ4v) is 4.46. The lowest BCUT2D eigenvalue weighted by Gasteiger charge is -2.30. The molecule has 0 amide bonds. The van der Waals surface area contributed by atoms with E-state index in [4.69, 9.17) is 4.74 Å². The molecule has 0 saturated carbocycles. The normalized spacial score (nSPS) is 13.0. The van der Waals surface area contributed by atoms with Gasteiger partial charge in [0.2, 0.25) is 0 Å². The van der Waals surface area contributed by atoms with E-state index in [0.29, 0.717) is 12.2 Å². The average molecular weight is 593 g/mol. The van der Waals surface area contributed by atoms with Gasteiger partial charge in [0.25, 0.3) is 0 Å². The molecule has 0 atom stereocenters. The number of alkyl halides is 6. The molecule has 0 saturated heterocycles. The summed E-state index contributed by atoms with van der Waals surface area (Å²) in [4.78, 5) is 11.2. The van der Waals surface area contributed by atoms with Crippen LogP contribution in [-0.4, -0.2) is 72.1 Å². The molecule has 0 heterocycles. The quantitative estimate of drug-likeness (QED) is 0.0740. The third-order valence-electron chi connectivity index (χ3n) is 4.89. The Kier molecular flexibility index (Phi) is 16.9. The topological polar surface area (TPSA) is 109 Å². The van der Waals surface area contributed by atoms with Crippen LogP contribution in [0.5, 0.6) is 0 Å². The smallest absolute Gasteiger partial charge is 0.462 e. The van der Waals surface area contributed by atoms with Crippen molar-refractivity contribution in [3.05, 3.63) is 16.3 Å². The predicted octanol–water partition coefficient (Wildman–Crippen LogP) is 5.77. The molecule has 0 spiro atoms. The molecular weight excluding hydrogens is 554 g/mol. The van der Waals surface area contributed by atoms with Gasteiger partial charge in [0, 0.05) is 5.57 Å². The molecule has 0 aromatic carbocycles. The van der Waals surface area contributed by atoms with Crippen LogP contribution in [0, 0.1) is 0 Å². The van der Waals surface area contributed by atoms with Crippen molar-refractivity contribution in [3.63, 3.8) is 0 Å². The molecule has 222 valence electrons. The highest BCUT2D eigenvalue weighted by molar-refractivity contribution is 8.13. The van der Waals surface area contributed by atoms with Gasteiger partial charge in [-0.2, -0.15) is 26.3 Å². The molecule has 0 aliphatic carbocycles. The van der Waals surface area contributed by atoms with Crippen LogP contribution in [0.3, 0.4) is 0 Å². The van der Waals surface area contributed by atoms with Crippen LogP contribution >= 0.6 is 0 Å². The lowest BCUT2D eigenvalue weighted by molar-refractivity contribution is -0.890. The summed E-state index contributed by atoms with van der Waals surface area (Å²) in [5, 5.41) is 0. The van der Waals surface area contributed by atoms with Crippen molar-refractivity contribution in [2.75, 3.05) is 33.8 Å². The highest BCUT2D eigenvalue weighted by atomic mass is 32.3. The summed E-state index contributed by atoms with van der Waals surface area (Å²) < 4.78 is 115. The summed E-state index contributed by atoms with van der Waals surface area (Å²) in [5.41, 5.74) is -11.9. The Morgan fingerprint density at radius 2 is 1.16 bits per heavy atom. The Balaban J connectivity index is 0. The first-order valence-corrected chi connectivity index (χ1v) is 14.5. The zero-order valence-corrected chi connectivity index (χ0v) is 23.3. The van der Waals surface area contributed by atoms with E-state index < -0.39 is 31.1 Å². The second-order valence-corrected chi connectivity index (χ2v) is 12.5. The average Bonchev–Trinajstić information content (AvgIpc) is 2.70. The molecule has 0 aromatic rings. The van der Waals surface area contributed by atoms with Gasteiger partial charge in [0.1, 0.15) is 0 Å². The van der Waals surface area contributed by atoms with Gasteiger partial charge in [-0.25, -0.2) is 21.6 Å². The number of rotatable bonds is 16. The minimum Gasteiger partial charge on any atom is -0.462 e. The molecule has 0 radical (unpaired) electrons. The first-order chi connectivity index (χ1) is 16.6. The van der Waals surface area contributed by atoms with E-state index >= 15 is 0 Å². The van der Waals surface area contributed by atoms with E-state index in [1.54, 1.807) is 6.92 Å². The van der Waals surface area contributed by atoms with Crippen molar-refractivity contribution in [3.8, 4) is 0 Å². The van der Waals surface area contributed by atoms with Gasteiger partial charge in [-0.1, -0.05) is 45.6 Å². The third kappa shape index (κ3) is 17.7. The Morgan fingerprint density at radius 1 is 0.784 bits per heavy atom. The Labute approximate surface area is 216 Å². The van der Waals surface area contributed by atoms with Crippen LogP contribution in [0.25, 0.3) is 4.13 Å². The summed E-state index contributed by atoms with van der Waals surface area (Å²) in [5.74, 6) is -0.267. The maximum Gasteiger partial charge on any atom is 0.480 e. The highest BCUT2D eigenvalue weighted by Gasteiger charge is 2.46. The molecule has 0 aromatic heterocycles. The number of hydrogen-bond donors (Lipinski definition) is 0. The zero-order valence-electron chi connectivity index (χ0n) is 21.6. The van der Waals surface area contributed by atoms with Crippen molar-refractivity contribution in [2.24, 2.45) is 0 Å². The van der Waals surface area contributed by atoms with Crippen LogP contribution in [0.2, 0.25) is 0 Å². The summed E-state index contributed by atoms with van der Waals surface area (Å²) in [6.45, 7) is 10.4. The number of hydrogen-bond acceptors (Lipinski definition) is 6. The van der Waals surface area contributed by atoms with Crippen LogP contribution in [0.15, 0.2) is 12.2 Å². The number of unbranched alkanes of at least 4 members (excludes halogenated alkanes) is 7. The van der Waals surface area contributed by atoms with E-state index in [1.807, 2.05) is 0 Å². The minimum absolute atomic E-state index is 0.267. The van der Waals surface area contributed by atoms with Crippen molar-refractivity contribution < 1.29 is 57.2 Å². The van der Waals surface area contributed by atoms with Gasteiger partial charge in [0.15, 0.2) is 20.0 Å². The molecule has 0 rings (SSSR count). The Hall–Kier alpha value is -1.39. The maximum atomic E-state index is 11.4. The first-order valence-electron chi connectivity index (χ1n) is 11.6. The van der Waals surface area contributed by atoms with Crippen molar-refractivity contribution >= 4 is 26.0 Å². The molecule has 0 bridgehead atoms. The number of nitrogens with zero attached hydrogens (tertiary/aromatic N) is 2. The van der Waals surface area contributed by atoms with Gasteiger partial charge >= 0.3 is 17.0 Å². The van der Waals surface area contributed by atoms with Crippen LogP contribution in [0.1, 0.15) is 71.6 Å². The van der Waals surface area contributed by atoms with Crippen molar-refractivity contribution in [2.45, 2.75) is 82.7 Å². The van der Waals surface area contributed by atoms with Gasteiger partial charge < -0.3 is 13.3 Å². The minimum atomic E-state index is -6.72. The molecule has 0 N–H and O–H groups in total. The maximum absolute atomic E-state index is 11.4. The van der Waals surface area contributed by atoms with E-state index in [0.717, 1.165) is 28.0 Å². The van der Waals surface area contributed by atoms with Gasteiger partial charge in [-0.05, 0) is 32.6 Å². The number of esters is 1. The fraction of sp³-hybridized carbons (Fsp3) is 0.857. The largest absolute Gasteiger partial charge is 0.480 e. The summed E-state index contributed by atoms with van der Waals surface area (Å²) in [6, 6.07) is 0. The van der Waals surface area contributed by atoms with E-state index in [9.17, 15) is 48.0 Å². The molecule has 0 aliphatic heterocycles. The van der Waals surface area contributed by atoms with Crippen LogP contribution in [0.4, 0.5) is 26.3 Å². The lowest BCUT2D eigenvalue weighted by Crippen LogP contribution is -2.41. The SMILES string of the molecule is C=C(C)C(=O)OCCCC[N+](C)(C)CCCCCCCCC.O=S(=O)([N-]S(=O)(=O)C(F)(F)F)C(F)(F)F. The third-order valence-corrected chi connectivity index (χ3v) is 7.63. The first kappa shape index (κ1) is 37.8. The summed E-state index contributed by atoms with van der Waals surface area (Å²) in [6.07, 6.45) is 11.6. The van der Waals surface area contributed by atoms with Crippen molar-refractivity contribution in [1.29, 1.82) is 0 Å². The molecule has 8 nitrogen and oxygen atoms in total. The second-order valence-electron chi connectivity index (χ2n) is 9.04. The molecule has 0 aliphatic rings. The number of carbonyl (C=O) groups excluding carboxylic acids is 1. The van der Waals surface area contributed by atoms with Gasteiger partial charge in [-0.3, -0.25) is 0 Å². The van der Waals surface area contributed by atoms with Crippen LogP contribution in [-0.2, 0) is 29.6 Å². The number of carbonyl (C=O) groups is 1. The number of ether oxygens (including phenoxy) is 1. The molecule has 37 heavy (non-hydrogen) atoms. The van der Waals surface area contributed by atoms with E-state index in [2.05, 4.69) is 27.6 Å². The highest BCUT2D eigenvalue weighted by Crippen LogP contribution is 2.36. The van der Waals surface area contributed by atoms with Crippen LogP contribution < -0.4 is 0 Å². The van der Waals surface area contributed by atoms with Gasteiger partial charge in [0.05, 0.1) is 33.8 Å². The standard InChI is InChI=1S/C19H38NO2.C2F6NO4S2/c1-6-7-8-9-10-11-12-15-20(4,5)16-13-14-17-22-19(21)18(2)3;3-1(4,5)14(10,11)9-15(12,13)2(6,7)8/h2,6-17H2,1,3-5H3;/q+1;-1. The molecule has 0 unspecified atom stereocenters. The second kappa shape index (κ2) is 16.5. The fourth-order valence-electron chi connectivity index (χ4n) is 2.75. The molecule has 0 fully saturated rings. The molecular formula is C21H38F6N2O6S2. The Bertz CT molecular complexity index is 859. The van der Waals surface area contributed by atoms with E-state index in [1.165, 1.54) is 51.5 Å². The Morgan fingerprint density at radius 3 is 1.54 bits per heavy atom. The molecule has 16 heteroatoms. The van der Waals surface area contributed by atoms with E-state index in [-0.39, 0.29) is 5.97 Å². The number of sulfonamides is 2. The number of halogens is 6. The van der Waals surface area contributed by atoms with Gasteiger partial charge in [-0.15, -0.1) is 0 Å². The number of quaternary nitrogens is 1.